The second-order valence-electron chi connectivity index (χ2n) is 9.70. The molecule has 1 atom stereocenters. The number of carbonyl (C=O) groups is 1. The van der Waals surface area contributed by atoms with Crippen molar-refractivity contribution in [2.24, 2.45) is 5.92 Å². The molecule has 7 nitrogen and oxygen atoms in total. The van der Waals surface area contributed by atoms with Crippen molar-refractivity contribution in [1.29, 1.82) is 0 Å². The summed E-state index contributed by atoms with van der Waals surface area (Å²) in [6.45, 7) is 13.9. The summed E-state index contributed by atoms with van der Waals surface area (Å²) in [4.78, 5) is 25.7. The van der Waals surface area contributed by atoms with Gasteiger partial charge in [-0.3, -0.25) is 0 Å². The van der Waals surface area contributed by atoms with Gasteiger partial charge in [-0.25, -0.2) is 19.7 Å². The number of alkyl carbamates (subject to hydrolysis) is 1. The van der Waals surface area contributed by atoms with Crippen LogP contribution in [0.5, 0.6) is 5.75 Å². The Balaban J connectivity index is 1.83. The van der Waals surface area contributed by atoms with E-state index in [-0.39, 0.29) is 0 Å². The number of rotatable bonds is 7. The van der Waals surface area contributed by atoms with Crippen LogP contribution in [-0.4, -0.2) is 38.8 Å². The van der Waals surface area contributed by atoms with Crippen LogP contribution >= 0.6 is 11.3 Å². The van der Waals surface area contributed by atoms with Crippen LogP contribution in [0.25, 0.3) is 21.5 Å². The van der Waals surface area contributed by atoms with Gasteiger partial charge >= 0.3 is 6.09 Å². The monoisotopic (exact) mass is 456 g/mol. The van der Waals surface area contributed by atoms with Crippen molar-refractivity contribution in [2.75, 3.05) is 6.61 Å². The lowest BCUT2D eigenvalue weighted by Crippen LogP contribution is -2.52. The number of nitrogens with zero attached hydrogens (tertiary/aromatic N) is 3. The van der Waals surface area contributed by atoms with E-state index >= 15 is 0 Å². The number of amides is 1. The van der Waals surface area contributed by atoms with Gasteiger partial charge in [-0.05, 0) is 65.2 Å². The highest BCUT2D eigenvalue weighted by Gasteiger charge is 2.31. The first-order valence-electron chi connectivity index (χ1n) is 10.8. The average Bonchev–Trinajstić information content (AvgIpc) is 3.13. The van der Waals surface area contributed by atoms with Crippen LogP contribution in [0.3, 0.4) is 0 Å². The van der Waals surface area contributed by atoms with Gasteiger partial charge in [0.15, 0.2) is 0 Å². The van der Waals surface area contributed by atoms with E-state index in [4.69, 9.17) is 9.47 Å². The van der Waals surface area contributed by atoms with Crippen LogP contribution in [0.15, 0.2) is 29.9 Å². The average molecular weight is 457 g/mol. The van der Waals surface area contributed by atoms with E-state index < -0.39 is 17.2 Å². The summed E-state index contributed by atoms with van der Waals surface area (Å²) < 4.78 is 12.7. The lowest BCUT2D eigenvalue weighted by atomic mass is 9.91. The molecule has 2 aromatic heterocycles. The van der Waals surface area contributed by atoms with Gasteiger partial charge in [0.2, 0.25) is 0 Å². The van der Waals surface area contributed by atoms with Crippen LogP contribution < -0.4 is 10.1 Å². The van der Waals surface area contributed by atoms with Crippen molar-refractivity contribution >= 4 is 27.6 Å². The number of hydrogen-bond donors (Lipinski definition) is 1. The molecule has 172 valence electrons. The van der Waals surface area contributed by atoms with Crippen molar-refractivity contribution in [1.82, 2.24) is 20.3 Å². The Morgan fingerprint density at radius 1 is 1.16 bits per heavy atom. The summed E-state index contributed by atoms with van der Waals surface area (Å²) >= 11 is 1.55. The number of aromatic nitrogens is 3. The molecule has 3 rings (SSSR count). The van der Waals surface area contributed by atoms with Gasteiger partial charge in [-0.2, -0.15) is 0 Å². The molecule has 1 amide bonds. The van der Waals surface area contributed by atoms with Crippen molar-refractivity contribution in [3.05, 3.63) is 35.7 Å². The summed E-state index contributed by atoms with van der Waals surface area (Å²) in [5.41, 5.74) is 3.29. The molecule has 32 heavy (non-hydrogen) atoms. The first-order valence-corrected chi connectivity index (χ1v) is 11.6. The number of fused-ring (bicyclic) bond motifs is 1. The maximum atomic E-state index is 12.5. The molecule has 0 fully saturated rings. The van der Waals surface area contributed by atoms with Crippen molar-refractivity contribution in [3.63, 3.8) is 0 Å². The molecule has 0 spiro atoms. The summed E-state index contributed by atoms with van der Waals surface area (Å²) in [5, 5.41) is 3.02. The molecule has 0 bridgehead atoms. The first kappa shape index (κ1) is 23.9. The van der Waals surface area contributed by atoms with Gasteiger partial charge in [0.1, 0.15) is 29.3 Å². The molecule has 0 aliphatic rings. The summed E-state index contributed by atoms with van der Waals surface area (Å²) in [6.07, 6.45) is 2.05. The predicted octanol–water partition coefficient (Wildman–Crippen LogP) is 5.77. The van der Waals surface area contributed by atoms with E-state index in [2.05, 4.69) is 34.1 Å². The summed E-state index contributed by atoms with van der Waals surface area (Å²) in [7, 11) is 0. The molecule has 0 saturated carbocycles. The minimum atomic E-state index is -0.596. The normalized spacial score (nSPS) is 13.8. The quantitative estimate of drug-likeness (QED) is 0.486. The van der Waals surface area contributed by atoms with Gasteiger partial charge in [0.05, 0.1) is 21.4 Å². The maximum Gasteiger partial charge on any atom is 0.408 e. The lowest BCUT2D eigenvalue weighted by molar-refractivity contribution is 0.0408. The van der Waals surface area contributed by atoms with E-state index in [1.165, 1.54) is 0 Å². The second kappa shape index (κ2) is 9.40. The summed E-state index contributed by atoms with van der Waals surface area (Å²) in [5.74, 6) is 1.76. The fourth-order valence-electron chi connectivity index (χ4n) is 3.68. The molecule has 1 unspecified atom stereocenters. The van der Waals surface area contributed by atoms with Gasteiger partial charge in [-0.15, -0.1) is 11.3 Å². The molecule has 1 N–H and O–H groups in total. The van der Waals surface area contributed by atoms with Crippen molar-refractivity contribution in [2.45, 2.75) is 66.0 Å². The SMILES string of the molecule is Cc1nccc(-c2ccc(OCC(C)(CC(C)C)NC(=O)OC(C)(C)C)c3ncsc23)n1. The Morgan fingerprint density at radius 3 is 2.56 bits per heavy atom. The molecule has 1 aromatic carbocycles. The third-order valence-electron chi connectivity index (χ3n) is 4.71. The molecule has 8 heteroatoms. The Bertz CT molecular complexity index is 1090. The zero-order valence-electron chi connectivity index (χ0n) is 19.9. The van der Waals surface area contributed by atoms with E-state index in [0.717, 1.165) is 33.7 Å². The van der Waals surface area contributed by atoms with Gasteiger partial charge in [0.25, 0.3) is 0 Å². The molecule has 0 saturated heterocycles. The van der Waals surface area contributed by atoms with E-state index in [1.807, 2.05) is 52.8 Å². The van der Waals surface area contributed by atoms with Crippen LogP contribution in [0.4, 0.5) is 4.79 Å². The second-order valence-corrected chi connectivity index (χ2v) is 10.6. The fourth-order valence-corrected chi connectivity index (χ4v) is 4.51. The lowest BCUT2D eigenvalue weighted by Gasteiger charge is -2.33. The molecule has 0 aliphatic carbocycles. The first-order chi connectivity index (χ1) is 15.0. The maximum absolute atomic E-state index is 12.5. The predicted molar refractivity (Wildman–Crippen MR) is 128 cm³/mol. The number of nitrogens with one attached hydrogen (secondary N) is 1. The van der Waals surface area contributed by atoms with Gasteiger partial charge < -0.3 is 14.8 Å². The number of benzene rings is 1. The third-order valence-corrected chi connectivity index (χ3v) is 5.57. The Morgan fingerprint density at radius 2 is 1.91 bits per heavy atom. The number of carbonyl (C=O) groups excluding carboxylic acids is 1. The van der Waals surface area contributed by atoms with Crippen molar-refractivity contribution in [3.8, 4) is 17.0 Å². The minimum absolute atomic E-state index is 0.295. The Hall–Kier alpha value is -2.74. The van der Waals surface area contributed by atoms with Gasteiger partial charge in [0, 0.05) is 11.8 Å². The van der Waals surface area contributed by atoms with Crippen LogP contribution in [-0.2, 0) is 4.74 Å². The molecule has 3 aromatic rings. The topological polar surface area (TPSA) is 86.2 Å². The fraction of sp³-hybridized carbons (Fsp3) is 0.500. The number of thiazole rings is 1. The van der Waals surface area contributed by atoms with Gasteiger partial charge in [-0.1, -0.05) is 13.8 Å². The third kappa shape index (κ3) is 6.16. The van der Waals surface area contributed by atoms with Crippen LogP contribution in [0.1, 0.15) is 53.8 Å². The van der Waals surface area contributed by atoms with Crippen LogP contribution in [0.2, 0.25) is 0 Å². The standard InChI is InChI=1S/C24H32N4O3S/c1-15(2)12-24(7,28-22(29)31-23(4,5)6)13-30-19-9-8-17(21-20(19)26-14-32-21)18-10-11-25-16(3)27-18/h8-11,14-15H,12-13H2,1-7H3,(H,28,29). The molecular formula is C24H32N4O3S. The van der Waals surface area contributed by atoms with E-state index in [0.29, 0.717) is 18.3 Å². The molecule has 2 heterocycles. The summed E-state index contributed by atoms with van der Waals surface area (Å²) in [6, 6.07) is 5.81. The Labute approximate surface area is 193 Å². The minimum Gasteiger partial charge on any atom is -0.489 e. The highest BCUT2D eigenvalue weighted by atomic mass is 32.1. The van der Waals surface area contributed by atoms with E-state index in [1.54, 1.807) is 23.0 Å². The largest absolute Gasteiger partial charge is 0.489 e. The van der Waals surface area contributed by atoms with E-state index in [9.17, 15) is 4.79 Å². The molecule has 0 aliphatic heterocycles. The molecule has 0 radical (unpaired) electrons. The number of hydrogen-bond acceptors (Lipinski definition) is 7. The highest BCUT2D eigenvalue weighted by Crippen LogP contribution is 2.36. The van der Waals surface area contributed by atoms with Crippen molar-refractivity contribution < 1.29 is 14.3 Å². The number of aryl methyl sites for hydroxylation is 1. The molecular weight excluding hydrogens is 424 g/mol. The van der Waals surface area contributed by atoms with Crippen LogP contribution in [0, 0.1) is 12.8 Å². The zero-order chi connectivity index (χ0) is 23.5. The number of ether oxygens (including phenoxy) is 2. The zero-order valence-corrected chi connectivity index (χ0v) is 20.7. The smallest absolute Gasteiger partial charge is 0.408 e. The Kier molecular flexibility index (Phi) is 7.03. The highest BCUT2D eigenvalue weighted by molar-refractivity contribution is 7.17.